The van der Waals surface area contributed by atoms with Crippen molar-refractivity contribution < 1.29 is 8.42 Å². The quantitative estimate of drug-likeness (QED) is 0.671. The molecule has 2 heterocycles. The van der Waals surface area contributed by atoms with Crippen LogP contribution in [0.2, 0.25) is 0 Å². The van der Waals surface area contributed by atoms with Gasteiger partial charge in [0.1, 0.15) is 0 Å². The van der Waals surface area contributed by atoms with Gasteiger partial charge in [0.2, 0.25) is 0 Å². The number of sulfonamides is 1. The molecule has 0 unspecified atom stereocenters. The highest BCUT2D eigenvalue weighted by molar-refractivity contribution is 7.92. The molecule has 1 aliphatic heterocycles. The number of para-hydroxylation sites is 1. The van der Waals surface area contributed by atoms with Crippen molar-refractivity contribution in [2.75, 3.05) is 10.8 Å². The van der Waals surface area contributed by atoms with E-state index in [0.717, 1.165) is 39.9 Å². The first-order valence-corrected chi connectivity index (χ1v) is 10.9. The van der Waals surface area contributed by atoms with Crippen LogP contribution in [0.4, 0.5) is 5.69 Å². The Morgan fingerprint density at radius 2 is 1.86 bits per heavy atom. The second kappa shape index (κ2) is 6.78. The Hall–Kier alpha value is -2.60. The first-order valence-electron chi connectivity index (χ1n) is 9.48. The van der Waals surface area contributed by atoms with Crippen LogP contribution in [0.15, 0.2) is 53.7 Å². The van der Waals surface area contributed by atoms with E-state index in [2.05, 4.69) is 12.0 Å². The second-order valence-corrected chi connectivity index (χ2v) is 9.64. The number of nitrogens with zero attached hydrogens (tertiary/aromatic N) is 3. The topological polar surface area (TPSA) is 55.2 Å². The lowest BCUT2D eigenvalue weighted by Gasteiger charge is -2.35. The number of aromatic nitrogens is 2. The van der Waals surface area contributed by atoms with Crippen LogP contribution in [-0.4, -0.2) is 24.7 Å². The van der Waals surface area contributed by atoms with Crippen LogP contribution < -0.4 is 4.31 Å². The van der Waals surface area contributed by atoms with Crippen molar-refractivity contribution in [2.45, 2.75) is 32.1 Å². The molecule has 0 fully saturated rings. The molecule has 6 heteroatoms. The summed E-state index contributed by atoms with van der Waals surface area (Å²) in [6.07, 6.45) is 4.62. The standard InChI is InChI=1S/C22H25N3O2S/c1-15-10-19-7-5-6-16(2)22(19)25(13-15)28(26,27)21-9-8-18(11-17(21)3)20-12-23-24(4)14-20/h5-9,11-12,14-15H,10,13H2,1-4H3/t15-/m1/s1. The summed E-state index contributed by atoms with van der Waals surface area (Å²) in [7, 11) is -1.78. The van der Waals surface area contributed by atoms with Gasteiger partial charge in [0, 0.05) is 25.4 Å². The Morgan fingerprint density at radius 3 is 2.54 bits per heavy atom. The van der Waals surface area contributed by atoms with Crippen LogP contribution >= 0.6 is 0 Å². The molecule has 0 aliphatic carbocycles. The Labute approximate surface area is 166 Å². The average molecular weight is 396 g/mol. The molecule has 0 saturated heterocycles. The first kappa shape index (κ1) is 18.7. The van der Waals surface area contributed by atoms with Crippen molar-refractivity contribution >= 4 is 15.7 Å². The zero-order chi connectivity index (χ0) is 20.1. The highest BCUT2D eigenvalue weighted by atomic mass is 32.2. The predicted octanol–water partition coefficient (Wildman–Crippen LogP) is 4.09. The summed E-state index contributed by atoms with van der Waals surface area (Å²) in [4.78, 5) is 0.364. The molecule has 4 rings (SSSR count). The predicted molar refractivity (Wildman–Crippen MR) is 112 cm³/mol. The van der Waals surface area contributed by atoms with Crippen LogP contribution in [0.1, 0.15) is 23.6 Å². The van der Waals surface area contributed by atoms with E-state index in [1.165, 1.54) is 0 Å². The molecule has 1 aromatic heterocycles. The van der Waals surface area contributed by atoms with Crippen molar-refractivity contribution in [1.82, 2.24) is 9.78 Å². The number of anilines is 1. The average Bonchev–Trinajstić information content (AvgIpc) is 3.07. The number of rotatable bonds is 3. The molecule has 1 aliphatic rings. The molecule has 0 bridgehead atoms. The molecular formula is C22H25N3O2S. The molecule has 0 saturated carbocycles. The minimum absolute atomic E-state index is 0.277. The lowest BCUT2D eigenvalue weighted by atomic mass is 9.93. The van der Waals surface area contributed by atoms with E-state index in [1.54, 1.807) is 21.3 Å². The molecule has 146 valence electrons. The lowest BCUT2D eigenvalue weighted by Crippen LogP contribution is -2.40. The highest BCUT2D eigenvalue weighted by Gasteiger charge is 2.33. The van der Waals surface area contributed by atoms with E-state index in [9.17, 15) is 8.42 Å². The number of fused-ring (bicyclic) bond motifs is 1. The Kier molecular flexibility index (Phi) is 4.54. The largest absolute Gasteiger partial charge is 0.275 e. The van der Waals surface area contributed by atoms with Crippen LogP contribution in [0.25, 0.3) is 11.1 Å². The van der Waals surface area contributed by atoms with E-state index in [1.807, 2.05) is 57.4 Å². The van der Waals surface area contributed by atoms with Gasteiger partial charge in [-0.15, -0.1) is 0 Å². The third-order valence-electron chi connectivity index (χ3n) is 5.40. The SMILES string of the molecule is Cc1cc(-c2cnn(C)c2)ccc1S(=O)(=O)N1C[C@H](C)Cc2cccc(C)c21. The number of aryl methyl sites for hydroxylation is 3. The summed E-state index contributed by atoms with van der Waals surface area (Å²) in [5.74, 6) is 0.277. The van der Waals surface area contributed by atoms with E-state index < -0.39 is 10.0 Å². The number of hydrogen-bond acceptors (Lipinski definition) is 3. The van der Waals surface area contributed by atoms with E-state index >= 15 is 0 Å². The normalized spacial score (nSPS) is 16.9. The summed E-state index contributed by atoms with van der Waals surface area (Å²) >= 11 is 0. The molecule has 0 spiro atoms. The van der Waals surface area contributed by atoms with Crippen LogP contribution in [-0.2, 0) is 23.5 Å². The Morgan fingerprint density at radius 1 is 1.07 bits per heavy atom. The molecule has 0 radical (unpaired) electrons. The molecule has 1 atom stereocenters. The monoisotopic (exact) mass is 395 g/mol. The van der Waals surface area contributed by atoms with E-state index in [-0.39, 0.29) is 5.92 Å². The molecule has 5 nitrogen and oxygen atoms in total. The summed E-state index contributed by atoms with van der Waals surface area (Å²) < 4.78 is 30.6. The maximum atomic E-state index is 13.6. The first-order chi connectivity index (χ1) is 13.3. The maximum absolute atomic E-state index is 13.6. The van der Waals surface area contributed by atoms with E-state index in [4.69, 9.17) is 0 Å². The fourth-order valence-corrected chi connectivity index (χ4v) is 5.98. The number of benzene rings is 2. The van der Waals surface area contributed by atoms with E-state index in [0.29, 0.717) is 11.4 Å². The zero-order valence-electron chi connectivity index (χ0n) is 16.7. The summed E-state index contributed by atoms with van der Waals surface area (Å²) in [6, 6.07) is 11.5. The van der Waals surface area contributed by atoms with Crippen molar-refractivity contribution in [2.24, 2.45) is 13.0 Å². The van der Waals surface area contributed by atoms with Crippen molar-refractivity contribution in [3.8, 4) is 11.1 Å². The van der Waals surface area contributed by atoms with Crippen molar-refractivity contribution in [3.05, 3.63) is 65.5 Å². The fourth-order valence-electron chi connectivity index (χ4n) is 4.08. The van der Waals surface area contributed by atoms with Crippen LogP contribution in [0.5, 0.6) is 0 Å². The van der Waals surface area contributed by atoms with Crippen LogP contribution in [0.3, 0.4) is 0 Å². The summed E-state index contributed by atoms with van der Waals surface area (Å²) in [6.45, 7) is 6.45. The van der Waals surface area contributed by atoms with Gasteiger partial charge in [-0.1, -0.05) is 31.2 Å². The van der Waals surface area contributed by atoms with Gasteiger partial charge in [0.25, 0.3) is 10.0 Å². The molecule has 3 aromatic rings. The van der Waals surface area contributed by atoms with Crippen molar-refractivity contribution in [3.63, 3.8) is 0 Å². The summed E-state index contributed by atoms with van der Waals surface area (Å²) in [5.41, 5.74) is 5.63. The highest BCUT2D eigenvalue weighted by Crippen LogP contribution is 2.37. The third kappa shape index (κ3) is 3.11. The van der Waals surface area contributed by atoms with Gasteiger partial charge in [0.05, 0.1) is 16.8 Å². The molecule has 28 heavy (non-hydrogen) atoms. The van der Waals surface area contributed by atoms with Crippen LogP contribution in [0, 0.1) is 19.8 Å². The zero-order valence-corrected chi connectivity index (χ0v) is 17.5. The maximum Gasteiger partial charge on any atom is 0.264 e. The molecule has 2 aromatic carbocycles. The lowest BCUT2D eigenvalue weighted by molar-refractivity contribution is 0.543. The smallest absolute Gasteiger partial charge is 0.264 e. The van der Waals surface area contributed by atoms with Gasteiger partial charge >= 0.3 is 0 Å². The summed E-state index contributed by atoms with van der Waals surface area (Å²) in [5, 5.41) is 4.20. The molecule has 0 amide bonds. The minimum atomic E-state index is -3.64. The number of hydrogen-bond donors (Lipinski definition) is 0. The van der Waals surface area contributed by atoms with Gasteiger partial charge < -0.3 is 0 Å². The molecule has 0 N–H and O–H groups in total. The third-order valence-corrected chi connectivity index (χ3v) is 7.32. The van der Waals surface area contributed by atoms with Gasteiger partial charge in [0.15, 0.2) is 0 Å². The van der Waals surface area contributed by atoms with Gasteiger partial charge in [-0.2, -0.15) is 5.10 Å². The van der Waals surface area contributed by atoms with Gasteiger partial charge in [-0.3, -0.25) is 8.99 Å². The minimum Gasteiger partial charge on any atom is -0.275 e. The van der Waals surface area contributed by atoms with Crippen molar-refractivity contribution in [1.29, 1.82) is 0 Å². The Bertz CT molecular complexity index is 1150. The van der Waals surface area contributed by atoms with Gasteiger partial charge in [-0.25, -0.2) is 8.42 Å². The fraction of sp³-hybridized carbons (Fsp3) is 0.318. The second-order valence-electron chi connectivity index (χ2n) is 7.81. The van der Waals surface area contributed by atoms with Gasteiger partial charge in [-0.05, 0) is 60.6 Å². The molecular weight excluding hydrogens is 370 g/mol. The Balaban J connectivity index is 1.79.